The van der Waals surface area contributed by atoms with E-state index in [1.807, 2.05) is 0 Å². The van der Waals surface area contributed by atoms with Crippen molar-refractivity contribution < 1.29 is 14.4 Å². The van der Waals surface area contributed by atoms with E-state index >= 15 is 0 Å². The number of carbonyl (C=O) groups is 3. The molecular formula is C33H22N4O3. The molecule has 40 heavy (non-hydrogen) atoms. The van der Waals surface area contributed by atoms with Crippen molar-refractivity contribution in [2.24, 2.45) is 0 Å². The van der Waals surface area contributed by atoms with E-state index in [0.717, 1.165) is 0 Å². The Bertz CT molecular complexity index is 1650. The summed E-state index contributed by atoms with van der Waals surface area (Å²) in [6.07, 6.45) is 16.3. The quantitative estimate of drug-likeness (QED) is 0.242. The van der Waals surface area contributed by atoms with Gasteiger partial charge < -0.3 is 21.3 Å². The smallest absolute Gasteiger partial charge is 0.322 e. The summed E-state index contributed by atoms with van der Waals surface area (Å²) in [4.78, 5) is 39.0. The number of terminal acetylenes is 3. The molecule has 0 fully saturated rings. The second-order valence-electron chi connectivity index (χ2n) is 8.46. The third-order valence-corrected chi connectivity index (χ3v) is 5.60. The van der Waals surface area contributed by atoms with Crippen molar-refractivity contribution in [2.75, 3.05) is 21.3 Å². The number of anilines is 4. The fraction of sp³-hybridized carbons (Fsp3) is 0. The zero-order chi connectivity index (χ0) is 28.5. The summed E-state index contributed by atoms with van der Waals surface area (Å²) in [5.74, 6) is 6.51. The number of hydrogen-bond acceptors (Lipinski definition) is 3. The van der Waals surface area contributed by atoms with Crippen LogP contribution in [0.1, 0.15) is 37.4 Å². The molecule has 7 heteroatoms. The molecule has 4 aromatic carbocycles. The fourth-order valence-electron chi connectivity index (χ4n) is 3.69. The average Bonchev–Trinajstić information content (AvgIpc) is 2.97. The normalized spacial score (nSPS) is 9.72. The highest BCUT2D eigenvalue weighted by atomic mass is 16.2. The number of hydrogen-bond donors (Lipinski definition) is 4. The molecule has 0 atom stereocenters. The maximum atomic E-state index is 13.2. The van der Waals surface area contributed by atoms with Crippen molar-refractivity contribution in [2.45, 2.75) is 0 Å². The Hall–Kier alpha value is -6.23. The van der Waals surface area contributed by atoms with E-state index in [1.54, 1.807) is 72.8 Å². The third kappa shape index (κ3) is 6.95. The summed E-state index contributed by atoms with van der Waals surface area (Å²) in [6.45, 7) is 0. The number of carbonyl (C=O) groups excluding carboxylic acids is 3. The minimum absolute atomic E-state index is 0.129. The zero-order valence-electron chi connectivity index (χ0n) is 21.1. The van der Waals surface area contributed by atoms with Gasteiger partial charge in [-0.15, -0.1) is 19.3 Å². The average molecular weight is 523 g/mol. The maximum absolute atomic E-state index is 13.2. The highest BCUT2D eigenvalue weighted by Crippen LogP contribution is 2.20. The van der Waals surface area contributed by atoms with Gasteiger partial charge in [-0.1, -0.05) is 29.9 Å². The molecule has 0 unspecified atom stereocenters. The lowest BCUT2D eigenvalue weighted by Crippen LogP contribution is -2.21. The van der Waals surface area contributed by atoms with E-state index < -0.39 is 17.8 Å². The molecule has 0 radical (unpaired) electrons. The maximum Gasteiger partial charge on any atom is 0.323 e. The predicted molar refractivity (Wildman–Crippen MR) is 158 cm³/mol. The van der Waals surface area contributed by atoms with Gasteiger partial charge in [-0.3, -0.25) is 9.59 Å². The van der Waals surface area contributed by atoms with Crippen molar-refractivity contribution in [1.82, 2.24) is 0 Å². The molecule has 0 aliphatic carbocycles. The van der Waals surface area contributed by atoms with Gasteiger partial charge in [0.15, 0.2) is 0 Å². The van der Waals surface area contributed by atoms with Gasteiger partial charge in [-0.25, -0.2) is 4.79 Å². The molecule has 0 saturated carbocycles. The van der Waals surface area contributed by atoms with Gasteiger partial charge >= 0.3 is 6.03 Å². The molecule has 0 aliphatic rings. The van der Waals surface area contributed by atoms with Crippen LogP contribution in [0.25, 0.3) is 0 Å². The van der Waals surface area contributed by atoms with Crippen molar-refractivity contribution >= 4 is 40.6 Å². The SMILES string of the molecule is C#Cc1ccc(NC(=O)Nc2cc(C(=O)Nc3cccc(C#C)c3)cc(C(=O)Nc3cccc(C#C)c3)c2)cc1. The van der Waals surface area contributed by atoms with Gasteiger partial charge in [0.1, 0.15) is 0 Å². The van der Waals surface area contributed by atoms with Gasteiger partial charge in [-0.05, 0) is 78.9 Å². The Labute approximate surface area is 232 Å². The predicted octanol–water partition coefficient (Wildman–Crippen LogP) is 5.78. The van der Waals surface area contributed by atoms with Crippen LogP contribution in [-0.2, 0) is 0 Å². The van der Waals surface area contributed by atoms with Crippen molar-refractivity contribution in [1.29, 1.82) is 0 Å². The number of nitrogens with one attached hydrogen (secondary N) is 4. The van der Waals surface area contributed by atoms with Gasteiger partial charge in [0.05, 0.1) is 0 Å². The summed E-state index contributed by atoms with van der Waals surface area (Å²) in [5, 5.41) is 10.9. The van der Waals surface area contributed by atoms with Crippen LogP contribution in [0.3, 0.4) is 0 Å². The van der Waals surface area contributed by atoms with Crippen LogP contribution in [0.5, 0.6) is 0 Å². The molecule has 0 aliphatic heterocycles. The van der Waals surface area contributed by atoms with Crippen molar-refractivity contribution in [3.63, 3.8) is 0 Å². The van der Waals surface area contributed by atoms with Gasteiger partial charge in [0.2, 0.25) is 0 Å². The lowest BCUT2D eigenvalue weighted by molar-refractivity contribution is 0.102. The highest BCUT2D eigenvalue weighted by Gasteiger charge is 2.16. The van der Waals surface area contributed by atoms with Crippen LogP contribution in [0.15, 0.2) is 91.0 Å². The first-order valence-electron chi connectivity index (χ1n) is 11.9. The summed E-state index contributed by atoms with van der Waals surface area (Å²) in [6, 6.07) is 24.0. The number of rotatable bonds is 6. The molecule has 4 N–H and O–H groups in total. The lowest BCUT2D eigenvalue weighted by atomic mass is 10.1. The molecule has 0 aromatic heterocycles. The first kappa shape index (κ1) is 26.8. The lowest BCUT2D eigenvalue weighted by Gasteiger charge is -2.13. The topological polar surface area (TPSA) is 99.3 Å². The summed E-state index contributed by atoms with van der Waals surface area (Å²) >= 11 is 0. The van der Waals surface area contributed by atoms with E-state index in [2.05, 4.69) is 39.0 Å². The van der Waals surface area contributed by atoms with E-state index in [4.69, 9.17) is 19.3 Å². The van der Waals surface area contributed by atoms with Gasteiger partial charge in [0.25, 0.3) is 11.8 Å². The molecule has 4 rings (SSSR count). The Morgan fingerprint density at radius 1 is 0.475 bits per heavy atom. The number of benzene rings is 4. The number of urea groups is 1. The van der Waals surface area contributed by atoms with Crippen LogP contribution in [0.4, 0.5) is 27.5 Å². The van der Waals surface area contributed by atoms with Crippen LogP contribution in [0, 0.1) is 37.0 Å². The van der Waals surface area contributed by atoms with Gasteiger partial charge in [-0.2, -0.15) is 0 Å². The molecule has 0 saturated heterocycles. The molecular weight excluding hydrogens is 500 g/mol. The summed E-state index contributed by atoms with van der Waals surface area (Å²) < 4.78 is 0. The van der Waals surface area contributed by atoms with E-state index in [-0.39, 0.29) is 16.8 Å². The van der Waals surface area contributed by atoms with Gasteiger partial charge in [0, 0.05) is 50.6 Å². The standard InChI is InChI=1S/C33H22N4O3/c1-4-22-13-15-27(16-14-22)36-33(40)37-30-20-25(31(38)34-28-11-7-9-23(5-2)17-28)19-26(21-30)32(39)35-29-12-8-10-24(6-3)18-29/h1-3,7-21H,(H,34,38)(H,35,39)(H2,36,37,40). The van der Waals surface area contributed by atoms with Crippen LogP contribution in [-0.4, -0.2) is 17.8 Å². The Morgan fingerprint density at radius 2 is 0.950 bits per heavy atom. The minimum atomic E-state index is -0.583. The summed E-state index contributed by atoms with van der Waals surface area (Å²) in [5.41, 5.74) is 3.78. The second kappa shape index (κ2) is 12.3. The first-order chi connectivity index (χ1) is 19.4. The van der Waals surface area contributed by atoms with E-state index in [9.17, 15) is 14.4 Å². The van der Waals surface area contributed by atoms with Crippen LogP contribution >= 0.6 is 0 Å². The fourth-order valence-corrected chi connectivity index (χ4v) is 3.69. The van der Waals surface area contributed by atoms with E-state index in [0.29, 0.717) is 33.8 Å². The molecule has 7 nitrogen and oxygen atoms in total. The Morgan fingerprint density at radius 3 is 1.43 bits per heavy atom. The highest BCUT2D eigenvalue weighted by molar-refractivity contribution is 6.11. The largest absolute Gasteiger partial charge is 0.323 e. The molecule has 4 amide bonds. The zero-order valence-corrected chi connectivity index (χ0v) is 21.1. The van der Waals surface area contributed by atoms with E-state index in [1.165, 1.54) is 18.2 Å². The monoisotopic (exact) mass is 522 g/mol. The molecule has 4 aromatic rings. The first-order valence-corrected chi connectivity index (χ1v) is 11.9. The molecule has 0 spiro atoms. The second-order valence-corrected chi connectivity index (χ2v) is 8.46. The van der Waals surface area contributed by atoms with Crippen molar-refractivity contribution in [3.05, 3.63) is 119 Å². The number of amides is 4. The molecule has 0 heterocycles. The third-order valence-electron chi connectivity index (χ3n) is 5.60. The van der Waals surface area contributed by atoms with Crippen molar-refractivity contribution in [3.8, 4) is 37.0 Å². The Balaban J connectivity index is 1.61. The Kier molecular flexibility index (Phi) is 8.28. The summed E-state index contributed by atoms with van der Waals surface area (Å²) in [7, 11) is 0. The van der Waals surface area contributed by atoms with Crippen LogP contribution < -0.4 is 21.3 Å². The molecule has 0 bridgehead atoms. The van der Waals surface area contributed by atoms with Crippen LogP contribution in [0.2, 0.25) is 0 Å². The minimum Gasteiger partial charge on any atom is -0.322 e. The molecule has 192 valence electrons.